The first-order valence-electron chi connectivity index (χ1n) is 17.2. The summed E-state index contributed by atoms with van der Waals surface area (Å²) in [6.45, 7) is 0.225. The number of phenols is 1. The van der Waals surface area contributed by atoms with E-state index in [9.17, 15) is 38.5 Å². The number of nitrogens with one attached hydrogen (secondary N) is 3. The first kappa shape index (κ1) is 40.6. The molecule has 11 nitrogen and oxygen atoms in total. The number of rotatable bonds is 14. The number of aromatic amines is 1. The monoisotopic (exact) mass is 786 g/mol. The number of H-pyrrole nitrogens is 1. The van der Waals surface area contributed by atoms with Gasteiger partial charge >= 0.3 is 5.97 Å². The third kappa shape index (κ3) is 9.02. The predicted molar refractivity (Wildman–Crippen MR) is 201 cm³/mol. The minimum absolute atomic E-state index is 0. The number of fused-ring (bicyclic) bond motifs is 1. The van der Waals surface area contributed by atoms with Crippen LogP contribution in [-0.4, -0.2) is 69.4 Å². The molecule has 288 valence electrons. The maximum absolute atomic E-state index is 15.0. The molecule has 0 unspecified atom stereocenters. The highest BCUT2D eigenvalue weighted by Gasteiger charge is 2.45. The van der Waals surface area contributed by atoms with Crippen LogP contribution in [0.4, 0.5) is 19.2 Å². The van der Waals surface area contributed by atoms with Crippen LogP contribution in [0.1, 0.15) is 59.1 Å². The van der Waals surface area contributed by atoms with Crippen molar-refractivity contribution >= 4 is 51.1 Å². The number of thiophene rings is 2. The Morgan fingerprint density at radius 1 is 1.02 bits per heavy atom. The second-order valence-electron chi connectivity index (χ2n) is 13.1. The summed E-state index contributed by atoms with van der Waals surface area (Å²) < 4.78 is 35.8. The van der Waals surface area contributed by atoms with Crippen LogP contribution in [0.3, 0.4) is 0 Å². The SMILES string of the molecule is CN(CCC(=O)Nc1cc(F)c(CNC[C@H](O)c2ccc(O)c3[nH]c(=O)ccc23)cc1F)C1CCC(OC(=O)C(O)(c2cccs2)c2cccs2)CC1.F. The van der Waals surface area contributed by atoms with E-state index in [0.717, 1.165) is 12.1 Å². The Balaban J connectivity index is 0.00000561. The van der Waals surface area contributed by atoms with E-state index in [1.54, 1.807) is 35.0 Å². The van der Waals surface area contributed by atoms with E-state index in [0.29, 0.717) is 52.9 Å². The second kappa shape index (κ2) is 17.7. The van der Waals surface area contributed by atoms with E-state index in [4.69, 9.17) is 4.74 Å². The summed E-state index contributed by atoms with van der Waals surface area (Å²) >= 11 is 2.58. The number of aliphatic hydroxyl groups excluding tert-OH is 1. The standard InChI is InChI=1S/C38H40F2N4O7S2.FH/c1-44(23-6-8-24(9-7-23)51-37(49)38(50,32-4-2-16-52-32)33-5-3-17-53-33)15-14-35(48)42-29-19-27(39)22(18-28(29)40)20-41-21-31(46)25-10-12-30(45)36-26(25)11-13-34(47)43-36;/h2-5,10-13,16-19,23-24,31,41,45-46,50H,6-9,14-15,20-21H2,1H3,(H,42,48)(H,43,47);1H/t23?,24?,31-;/m0./s1. The van der Waals surface area contributed by atoms with Gasteiger partial charge in [0.25, 0.3) is 0 Å². The molecule has 6 N–H and O–H groups in total. The molecule has 1 fully saturated rings. The molecule has 0 bridgehead atoms. The van der Waals surface area contributed by atoms with Gasteiger partial charge in [-0.3, -0.25) is 14.3 Å². The minimum atomic E-state index is -1.86. The zero-order valence-corrected chi connectivity index (χ0v) is 30.9. The summed E-state index contributed by atoms with van der Waals surface area (Å²) in [5, 5.41) is 41.7. The number of benzene rings is 2. The molecule has 1 saturated carbocycles. The van der Waals surface area contributed by atoms with Crippen molar-refractivity contribution in [1.82, 2.24) is 15.2 Å². The number of anilines is 1. The fourth-order valence-corrected chi connectivity index (χ4v) is 8.34. The quantitative estimate of drug-likeness (QED) is 0.0780. The van der Waals surface area contributed by atoms with Crippen LogP contribution in [0.25, 0.3) is 10.9 Å². The Bertz CT molecular complexity index is 2070. The van der Waals surface area contributed by atoms with Gasteiger partial charge in [-0.25, -0.2) is 13.6 Å². The number of phenolic OH excluding ortho intramolecular Hbond substituents is 1. The topological polar surface area (TPSA) is 164 Å². The number of aliphatic hydroxyl groups is 2. The van der Waals surface area contributed by atoms with Crippen molar-refractivity contribution in [3.8, 4) is 5.75 Å². The van der Waals surface area contributed by atoms with E-state index < -0.39 is 40.8 Å². The molecule has 3 aromatic heterocycles. The molecule has 2 aromatic carbocycles. The lowest BCUT2D eigenvalue weighted by Gasteiger charge is -2.35. The molecule has 1 aliphatic carbocycles. The van der Waals surface area contributed by atoms with Crippen LogP contribution < -0.4 is 16.2 Å². The maximum Gasteiger partial charge on any atom is 0.349 e. The molecule has 3 heterocycles. The summed E-state index contributed by atoms with van der Waals surface area (Å²) in [7, 11) is 1.89. The van der Waals surface area contributed by atoms with E-state index in [-0.39, 0.29) is 58.9 Å². The fourth-order valence-electron chi connectivity index (χ4n) is 6.63. The molecule has 0 radical (unpaired) electrons. The van der Waals surface area contributed by atoms with E-state index >= 15 is 0 Å². The number of ether oxygens (including phenoxy) is 1. The number of nitrogens with zero attached hydrogens (tertiary/aromatic N) is 1. The van der Waals surface area contributed by atoms with Gasteiger partial charge in [0.1, 0.15) is 23.5 Å². The van der Waals surface area contributed by atoms with E-state index in [1.165, 1.54) is 46.9 Å². The molecule has 16 heteroatoms. The molecule has 54 heavy (non-hydrogen) atoms. The summed E-state index contributed by atoms with van der Waals surface area (Å²) in [5.74, 6) is -2.86. The Hall–Kier alpha value is -4.58. The van der Waals surface area contributed by atoms with Crippen LogP contribution in [0.15, 0.2) is 76.2 Å². The molecule has 1 amide bonds. The van der Waals surface area contributed by atoms with Gasteiger partial charge in [-0.15, -0.1) is 22.7 Å². The van der Waals surface area contributed by atoms with Gasteiger partial charge in [0.2, 0.25) is 17.1 Å². The maximum atomic E-state index is 15.0. The molecule has 1 aliphatic rings. The number of aromatic nitrogens is 1. The Labute approximate surface area is 316 Å². The van der Waals surface area contributed by atoms with Gasteiger partial charge in [0.05, 0.1) is 27.1 Å². The zero-order chi connectivity index (χ0) is 37.7. The summed E-state index contributed by atoms with van der Waals surface area (Å²) in [6, 6.07) is 14.7. The number of aromatic hydroxyl groups is 1. The van der Waals surface area contributed by atoms with Crippen LogP contribution >= 0.6 is 22.7 Å². The van der Waals surface area contributed by atoms with Crippen LogP contribution in [0.5, 0.6) is 5.75 Å². The van der Waals surface area contributed by atoms with Crippen molar-refractivity contribution in [2.75, 3.05) is 25.5 Å². The second-order valence-corrected chi connectivity index (χ2v) is 15.0. The minimum Gasteiger partial charge on any atom is -0.506 e. The smallest absolute Gasteiger partial charge is 0.349 e. The molecular formula is C38H41F3N4O7S2. The van der Waals surface area contributed by atoms with Crippen molar-refractivity contribution in [1.29, 1.82) is 0 Å². The molecule has 0 saturated heterocycles. The number of carbonyl (C=O) groups excluding carboxylic acids is 2. The Morgan fingerprint density at radius 2 is 1.70 bits per heavy atom. The number of halogens is 3. The number of esters is 1. The van der Waals surface area contributed by atoms with Gasteiger partial charge in [0.15, 0.2) is 0 Å². The number of carbonyl (C=O) groups is 2. The summed E-state index contributed by atoms with van der Waals surface area (Å²) in [5.41, 5.74) is -1.94. The predicted octanol–water partition coefficient (Wildman–Crippen LogP) is 5.66. The van der Waals surface area contributed by atoms with Gasteiger partial charge in [-0.2, -0.15) is 0 Å². The van der Waals surface area contributed by atoms with Crippen molar-refractivity contribution in [2.24, 2.45) is 0 Å². The van der Waals surface area contributed by atoms with Gasteiger partial charge < -0.3 is 40.6 Å². The van der Waals surface area contributed by atoms with E-state index in [1.807, 2.05) is 11.9 Å². The number of amides is 1. The number of hydrogen-bond donors (Lipinski definition) is 6. The molecular weight excluding hydrogens is 746 g/mol. The van der Waals surface area contributed by atoms with E-state index in [2.05, 4.69) is 15.6 Å². The first-order chi connectivity index (χ1) is 25.4. The highest BCUT2D eigenvalue weighted by atomic mass is 32.1. The zero-order valence-electron chi connectivity index (χ0n) is 29.2. The third-order valence-electron chi connectivity index (χ3n) is 9.61. The molecule has 6 rings (SSSR count). The Morgan fingerprint density at radius 3 is 2.35 bits per heavy atom. The molecule has 0 aliphatic heterocycles. The van der Waals surface area contributed by atoms with Gasteiger partial charge in [-0.05, 0) is 79.4 Å². The van der Waals surface area contributed by atoms with Crippen molar-refractivity contribution in [3.63, 3.8) is 0 Å². The van der Waals surface area contributed by atoms with Crippen molar-refractivity contribution < 1.29 is 43.1 Å². The average Bonchev–Trinajstić information content (AvgIpc) is 3.89. The Kier molecular flexibility index (Phi) is 13.3. The normalized spacial score (nSPS) is 16.6. The lowest BCUT2D eigenvalue weighted by atomic mass is 9.91. The van der Waals surface area contributed by atoms with Crippen LogP contribution in [0.2, 0.25) is 0 Å². The fraction of sp³-hybridized carbons (Fsp3) is 0.342. The lowest BCUT2D eigenvalue weighted by Crippen LogP contribution is -2.42. The summed E-state index contributed by atoms with van der Waals surface area (Å²) in [6.07, 6.45) is 1.23. The van der Waals surface area contributed by atoms with Crippen LogP contribution in [-0.2, 0) is 26.5 Å². The molecule has 0 spiro atoms. The van der Waals surface area contributed by atoms with Crippen molar-refractivity contribution in [2.45, 2.75) is 62.5 Å². The number of hydrogen-bond acceptors (Lipinski definition) is 11. The number of pyridine rings is 1. The third-order valence-corrected chi connectivity index (χ3v) is 11.6. The molecule has 1 atom stereocenters. The van der Waals surface area contributed by atoms with Gasteiger partial charge in [0, 0.05) is 55.2 Å². The highest BCUT2D eigenvalue weighted by molar-refractivity contribution is 7.12. The largest absolute Gasteiger partial charge is 0.506 e. The van der Waals surface area contributed by atoms with Crippen molar-refractivity contribution in [3.05, 3.63) is 114 Å². The summed E-state index contributed by atoms with van der Waals surface area (Å²) in [4.78, 5) is 43.3. The van der Waals surface area contributed by atoms with Gasteiger partial charge in [-0.1, -0.05) is 18.2 Å². The average molecular weight is 787 g/mol. The molecule has 5 aromatic rings. The highest BCUT2D eigenvalue weighted by Crippen LogP contribution is 2.38. The lowest BCUT2D eigenvalue weighted by molar-refractivity contribution is -0.169. The van der Waals surface area contributed by atoms with Crippen LogP contribution in [0, 0.1) is 11.6 Å². The first-order valence-corrected chi connectivity index (χ1v) is 18.9.